The van der Waals surface area contributed by atoms with Crippen molar-refractivity contribution in [3.8, 4) is 79.9 Å². The highest BCUT2D eigenvalue weighted by atomic mass is 15.3. The highest BCUT2D eigenvalue weighted by Crippen LogP contribution is 2.40. The van der Waals surface area contributed by atoms with Crippen LogP contribution in [0, 0.1) is 0 Å². The zero-order valence-electron chi connectivity index (χ0n) is 47.2. The van der Waals surface area contributed by atoms with Gasteiger partial charge in [0.15, 0.2) is 11.6 Å². The summed E-state index contributed by atoms with van der Waals surface area (Å²) < 4.78 is 8.70. The summed E-state index contributed by atoms with van der Waals surface area (Å²) in [5.74, 6) is 3.22. The molecule has 0 aliphatic heterocycles. The quantitative estimate of drug-likeness (QED) is 0.143. The van der Waals surface area contributed by atoms with Crippen LogP contribution in [0.1, 0.15) is 0 Å². The molecule has 12 aromatic carbocycles. The maximum atomic E-state index is 5.43. The fourth-order valence-electron chi connectivity index (χ4n) is 13.4. The van der Waals surface area contributed by atoms with Crippen molar-refractivity contribution in [2.45, 2.75) is 0 Å². The fraction of sp³-hybridized carbons (Fsp3) is 0. The molecule has 0 unspecified atom stereocenters. The van der Waals surface area contributed by atoms with E-state index in [0.29, 0.717) is 35.4 Å². The largest absolute Gasteiger partial charge is 0.278 e. The third kappa shape index (κ3) is 7.82. The average Bonchev–Trinajstić information content (AvgIpc) is 2.33. The Morgan fingerprint density at radius 3 is 0.636 bits per heavy atom. The van der Waals surface area contributed by atoms with Crippen LogP contribution in [0.3, 0.4) is 0 Å². The van der Waals surface area contributed by atoms with Crippen molar-refractivity contribution in [2.75, 3.05) is 0 Å². The van der Waals surface area contributed by atoms with Crippen LogP contribution in [-0.4, -0.2) is 48.2 Å². The minimum Gasteiger partial charge on any atom is -0.278 e. The molecule has 0 aliphatic carbocycles. The number of aromatic nitrogens is 10. The van der Waals surface area contributed by atoms with E-state index < -0.39 is 0 Å². The number of hydrogen-bond acceptors (Lipinski definition) is 6. The van der Waals surface area contributed by atoms with Crippen LogP contribution < -0.4 is 0 Å². The SMILES string of the molecule is c1ccc(-c2cc(-c3cccc(-c4nc(-n5c6ccccc6c6ccccc65)nc(-n5c6ccccc6c6ccccc65)n4)c3)cc(-c3cccc(-c4nc(-n5c6ccccc6c6ccccc65)nc(-n5c6ccccc6c6ccccc65)n4)c3)c2)cc1. The lowest BCUT2D eigenvalue weighted by Gasteiger charge is -2.15. The molecule has 410 valence electrons. The Hall–Kier alpha value is -12.1. The molecule has 18 rings (SSSR count). The van der Waals surface area contributed by atoms with Gasteiger partial charge in [0.2, 0.25) is 23.8 Å². The monoisotopic (exact) mass is 1120 g/mol. The molecule has 18 aromatic rings. The van der Waals surface area contributed by atoms with Crippen molar-refractivity contribution in [2.24, 2.45) is 0 Å². The zero-order chi connectivity index (χ0) is 57.8. The van der Waals surface area contributed by atoms with Gasteiger partial charge in [-0.2, -0.15) is 29.9 Å². The Kier molecular flexibility index (Phi) is 11.1. The summed E-state index contributed by atoms with van der Waals surface area (Å²) in [6.07, 6.45) is 0. The molecule has 0 N–H and O–H groups in total. The zero-order valence-corrected chi connectivity index (χ0v) is 47.2. The maximum Gasteiger partial charge on any atom is 0.240 e. The van der Waals surface area contributed by atoms with Gasteiger partial charge in [0.1, 0.15) is 0 Å². The molecule has 0 saturated carbocycles. The van der Waals surface area contributed by atoms with Gasteiger partial charge in [-0.1, -0.05) is 212 Å². The number of benzene rings is 12. The van der Waals surface area contributed by atoms with Crippen molar-refractivity contribution in [3.05, 3.63) is 291 Å². The molecular weight excluding hydrogens is 1080 g/mol. The highest BCUT2D eigenvalue weighted by Gasteiger charge is 2.24. The van der Waals surface area contributed by atoms with E-state index in [1.807, 2.05) is 0 Å². The normalized spacial score (nSPS) is 11.9. The molecule has 0 aliphatic rings. The van der Waals surface area contributed by atoms with Crippen LogP contribution in [0.2, 0.25) is 0 Å². The number of fused-ring (bicyclic) bond motifs is 12. The molecule has 0 fully saturated rings. The van der Waals surface area contributed by atoms with Crippen LogP contribution in [0.25, 0.3) is 167 Å². The van der Waals surface area contributed by atoms with Crippen LogP contribution in [0.15, 0.2) is 291 Å². The van der Waals surface area contributed by atoms with Crippen molar-refractivity contribution in [1.82, 2.24) is 48.2 Å². The van der Waals surface area contributed by atoms with Gasteiger partial charge < -0.3 is 0 Å². The molecule has 0 atom stereocenters. The van der Waals surface area contributed by atoms with Crippen LogP contribution in [-0.2, 0) is 0 Å². The number of rotatable bonds is 9. The Morgan fingerprint density at radius 2 is 0.364 bits per heavy atom. The first-order chi connectivity index (χ1) is 43.6. The number of para-hydroxylation sites is 8. The van der Waals surface area contributed by atoms with Crippen LogP contribution in [0.5, 0.6) is 0 Å². The summed E-state index contributed by atoms with van der Waals surface area (Å²) in [5.41, 5.74) is 16.1. The topological polar surface area (TPSA) is 97.1 Å². The van der Waals surface area contributed by atoms with Crippen LogP contribution in [0.4, 0.5) is 0 Å². The second kappa shape index (κ2) is 19.7. The Bertz CT molecular complexity index is 5030. The van der Waals surface area contributed by atoms with E-state index in [4.69, 9.17) is 29.9 Å². The molecule has 0 spiro atoms. The van der Waals surface area contributed by atoms with Gasteiger partial charge in [-0.15, -0.1) is 0 Å². The van der Waals surface area contributed by atoms with Gasteiger partial charge in [0.05, 0.1) is 44.1 Å². The second-order valence-corrected chi connectivity index (χ2v) is 22.3. The van der Waals surface area contributed by atoms with E-state index in [0.717, 1.165) is 132 Å². The van der Waals surface area contributed by atoms with Gasteiger partial charge >= 0.3 is 0 Å². The first-order valence-electron chi connectivity index (χ1n) is 29.5. The predicted octanol–water partition coefficient (Wildman–Crippen LogP) is 18.8. The van der Waals surface area contributed by atoms with Gasteiger partial charge in [0.25, 0.3) is 0 Å². The Labute approximate surface area is 503 Å². The summed E-state index contributed by atoms with van der Waals surface area (Å²) in [5, 5.41) is 9.01. The van der Waals surface area contributed by atoms with E-state index in [2.05, 4.69) is 309 Å². The highest BCUT2D eigenvalue weighted by molar-refractivity contribution is 6.12. The van der Waals surface area contributed by atoms with Gasteiger partial charge in [0, 0.05) is 54.2 Å². The standard InChI is InChI=1S/C78H48N10/c1-2-22-49(23-3-1)54-46-55(50-24-20-26-52(44-50)73-79-75(85-65-36-12-4-28-57(65)58-29-5-13-37-66(58)85)83-76(80-73)86-67-38-14-6-30-59(67)60-31-7-15-39-68(60)86)48-56(47-54)51-25-21-27-53(45-51)74-81-77(87-69-40-16-8-32-61(69)62-33-9-17-41-70(62)87)84-78(82-74)88-71-42-18-10-34-63(71)64-35-11-19-43-72(64)88/h1-48H. The summed E-state index contributed by atoms with van der Waals surface area (Å²) >= 11 is 0. The Balaban J connectivity index is 0.814. The number of hydrogen-bond donors (Lipinski definition) is 0. The van der Waals surface area contributed by atoms with Gasteiger partial charge in [-0.25, -0.2) is 0 Å². The minimum absolute atomic E-state index is 0.528. The van der Waals surface area contributed by atoms with E-state index in [-0.39, 0.29) is 0 Å². The van der Waals surface area contributed by atoms with Crippen molar-refractivity contribution < 1.29 is 0 Å². The first-order valence-corrected chi connectivity index (χ1v) is 29.5. The summed E-state index contributed by atoms with van der Waals surface area (Å²) in [4.78, 5) is 32.6. The third-order valence-corrected chi connectivity index (χ3v) is 17.3. The lowest BCUT2D eigenvalue weighted by Crippen LogP contribution is -2.10. The minimum atomic E-state index is 0.528. The Morgan fingerprint density at radius 1 is 0.159 bits per heavy atom. The maximum absolute atomic E-state index is 5.43. The van der Waals surface area contributed by atoms with Gasteiger partial charge in [-0.3, -0.25) is 18.3 Å². The summed E-state index contributed by atoms with van der Waals surface area (Å²) in [7, 11) is 0. The first kappa shape index (κ1) is 49.3. The van der Waals surface area contributed by atoms with Crippen molar-refractivity contribution in [1.29, 1.82) is 0 Å². The second-order valence-electron chi connectivity index (χ2n) is 22.3. The molecule has 0 saturated heterocycles. The van der Waals surface area contributed by atoms with Crippen LogP contribution >= 0.6 is 0 Å². The fourth-order valence-corrected chi connectivity index (χ4v) is 13.4. The van der Waals surface area contributed by atoms with Crippen molar-refractivity contribution in [3.63, 3.8) is 0 Å². The van der Waals surface area contributed by atoms with Gasteiger partial charge in [-0.05, 0) is 112 Å². The van der Waals surface area contributed by atoms with E-state index in [1.165, 1.54) is 0 Å². The van der Waals surface area contributed by atoms with Crippen molar-refractivity contribution >= 4 is 87.2 Å². The molecule has 88 heavy (non-hydrogen) atoms. The molecule has 10 heteroatoms. The summed E-state index contributed by atoms with van der Waals surface area (Å²) in [6.45, 7) is 0. The molecule has 10 nitrogen and oxygen atoms in total. The predicted molar refractivity (Wildman–Crippen MR) is 358 cm³/mol. The molecule has 0 radical (unpaired) electrons. The lowest BCUT2D eigenvalue weighted by atomic mass is 9.92. The van der Waals surface area contributed by atoms with E-state index in [9.17, 15) is 0 Å². The average molecular weight is 1130 g/mol. The molecule has 0 bridgehead atoms. The molecule has 0 amide bonds. The van der Waals surface area contributed by atoms with E-state index in [1.54, 1.807) is 0 Å². The smallest absolute Gasteiger partial charge is 0.240 e. The molecule has 6 aromatic heterocycles. The summed E-state index contributed by atoms with van der Waals surface area (Å²) in [6, 6.07) is 102. The van der Waals surface area contributed by atoms with E-state index >= 15 is 0 Å². The lowest BCUT2D eigenvalue weighted by molar-refractivity contribution is 0.892. The third-order valence-electron chi connectivity index (χ3n) is 17.3. The molecular formula is C78H48N10. The molecule has 6 heterocycles. The number of nitrogens with zero attached hydrogens (tertiary/aromatic N) is 10.